The molecule has 2 aromatic carbocycles. The molecule has 21 heavy (non-hydrogen) atoms. The van der Waals surface area contributed by atoms with Gasteiger partial charge in [-0.3, -0.25) is 0 Å². The molecule has 1 amide bonds. The second-order valence-electron chi connectivity index (χ2n) is 4.53. The molecular formula is C14H9N5OSe. The van der Waals surface area contributed by atoms with Gasteiger partial charge in [-0.15, -0.1) is 0 Å². The Balaban J connectivity index is 1.70. The number of aromatic amines is 1. The zero-order valence-electron chi connectivity index (χ0n) is 10.7. The molecule has 4 aromatic rings. The zero-order chi connectivity index (χ0) is 14.2. The number of imidazole rings is 1. The van der Waals surface area contributed by atoms with E-state index < -0.39 is 0 Å². The van der Waals surface area contributed by atoms with E-state index in [9.17, 15) is 4.79 Å². The Hall–Kier alpha value is -2.50. The van der Waals surface area contributed by atoms with Crippen LogP contribution in [0.5, 0.6) is 0 Å². The Labute approximate surface area is 125 Å². The molecule has 0 fully saturated rings. The number of hydrogen-bond donors (Lipinski definition) is 2. The van der Waals surface area contributed by atoms with Crippen molar-refractivity contribution in [1.82, 2.24) is 17.9 Å². The minimum absolute atomic E-state index is 0.113. The summed E-state index contributed by atoms with van der Waals surface area (Å²) in [5.74, 6) is -0.172. The molecule has 102 valence electrons. The molecule has 0 atom stereocenters. The van der Waals surface area contributed by atoms with Crippen molar-refractivity contribution in [3.05, 3.63) is 48.3 Å². The van der Waals surface area contributed by atoms with Gasteiger partial charge in [-0.05, 0) is 0 Å². The van der Waals surface area contributed by atoms with Crippen LogP contribution in [0.2, 0.25) is 0 Å². The van der Waals surface area contributed by atoms with Gasteiger partial charge in [-0.25, -0.2) is 0 Å². The van der Waals surface area contributed by atoms with Gasteiger partial charge in [0, 0.05) is 0 Å². The number of amides is 1. The molecule has 7 heteroatoms. The van der Waals surface area contributed by atoms with Gasteiger partial charge in [0.2, 0.25) is 0 Å². The third-order valence-electron chi connectivity index (χ3n) is 3.22. The average Bonchev–Trinajstić information content (AvgIpc) is 3.15. The Morgan fingerprint density at radius 1 is 1.14 bits per heavy atom. The fourth-order valence-electron chi connectivity index (χ4n) is 2.18. The van der Waals surface area contributed by atoms with Crippen molar-refractivity contribution >= 4 is 48.6 Å². The van der Waals surface area contributed by atoms with E-state index in [4.69, 9.17) is 0 Å². The van der Waals surface area contributed by atoms with Gasteiger partial charge in [0.25, 0.3) is 0 Å². The fraction of sp³-hybridized carbons (Fsp3) is 0. The van der Waals surface area contributed by atoms with Gasteiger partial charge in [0.05, 0.1) is 0 Å². The van der Waals surface area contributed by atoms with Crippen molar-refractivity contribution in [3.63, 3.8) is 0 Å². The van der Waals surface area contributed by atoms with E-state index in [-0.39, 0.29) is 20.9 Å². The van der Waals surface area contributed by atoms with Crippen LogP contribution in [0, 0.1) is 0 Å². The van der Waals surface area contributed by atoms with Gasteiger partial charge in [0.15, 0.2) is 0 Å². The summed E-state index contributed by atoms with van der Waals surface area (Å²) < 4.78 is 8.66. The Kier molecular flexibility index (Phi) is 2.80. The van der Waals surface area contributed by atoms with E-state index in [1.165, 1.54) is 0 Å². The summed E-state index contributed by atoms with van der Waals surface area (Å²) >= 11 is -0.113. The van der Waals surface area contributed by atoms with Gasteiger partial charge >= 0.3 is 125 Å². The molecule has 0 bridgehead atoms. The van der Waals surface area contributed by atoms with Gasteiger partial charge in [0.1, 0.15) is 0 Å². The van der Waals surface area contributed by atoms with Gasteiger partial charge in [-0.2, -0.15) is 0 Å². The molecule has 4 rings (SSSR count). The quantitative estimate of drug-likeness (QED) is 0.544. The van der Waals surface area contributed by atoms with Crippen LogP contribution in [-0.2, 0) is 0 Å². The summed E-state index contributed by atoms with van der Waals surface area (Å²) in [4.78, 5) is 19.5. The molecule has 2 heterocycles. The predicted molar refractivity (Wildman–Crippen MR) is 80.5 cm³/mol. The Bertz CT molecular complexity index is 958. The van der Waals surface area contributed by atoms with Crippen LogP contribution in [0.15, 0.2) is 42.7 Å². The number of H-pyrrole nitrogens is 1. The molecule has 0 aliphatic rings. The molecule has 0 saturated heterocycles. The first-order chi connectivity index (χ1) is 10.3. The number of carbonyl (C=O) groups is 1. The Morgan fingerprint density at radius 3 is 3.05 bits per heavy atom. The summed E-state index contributed by atoms with van der Waals surface area (Å²) in [7, 11) is 0. The molecule has 2 N–H and O–H groups in total. The van der Waals surface area contributed by atoms with Crippen molar-refractivity contribution in [3.8, 4) is 0 Å². The number of benzene rings is 2. The summed E-state index contributed by atoms with van der Waals surface area (Å²) in [5, 5.41) is 2.90. The second kappa shape index (κ2) is 4.80. The number of nitrogens with one attached hydrogen (secondary N) is 2. The van der Waals surface area contributed by atoms with Gasteiger partial charge in [-0.1, -0.05) is 0 Å². The van der Waals surface area contributed by atoms with Crippen LogP contribution in [0.4, 0.5) is 5.69 Å². The van der Waals surface area contributed by atoms with E-state index >= 15 is 0 Å². The molecule has 6 nitrogen and oxygen atoms in total. The van der Waals surface area contributed by atoms with E-state index in [1.54, 1.807) is 18.5 Å². The van der Waals surface area contributed by atoms with Crippen LogP contribution < -0.4 is 5.32 Å². The van der Waals surface area contributed by atoms with Gasteiger partial charge < -0.3 is 0 Å². The van der Waals surface area contributed by atoms with Crippen molar-refractivity contribution in [1.29, 1.82) is 0 Å². The predicted octanol–water partition coefficient (Wildman–Crippen LogP) is 1.82. The number of rotatable bonds is 2. The maximum absolute atomic E-state index is 12.4. The summed E-state index contributed by atoms with van der Waals surface area (Å²) in [5.41, 5.74) is 4.56. The first-order valence-corrected chi connectivity index (χ1v) is 7.80. The fourth-order valence-corrected chi connectivity index (χ4v) is 3.33. The number of hydrogen-bond acceptors (Lipinski definition) is 4. The zero-order valence-corrected chi connectivity index (χ0v) is 12.4. The molecule has 0 unspecified atom stereocenters. The first-order valence-electron chi connectivity index (χ1n) is 6.27. The van der Waals surface area contributed by atoms with Crippen molar-refractivity contribution in [2.75, 3.05) is 5.32 Å². The van der Waals surface area contributed by atoms with Crippen molar-refractivity contribution < 1.29 is 4.79 Å². The normalized spacial score (nSPS) is 11.0. The third-order valence-corrected chi connectivity index (χ3v) is 4.35. The molecule has 0 aliphatic carbocycles. The molecule has 0 radical (unpaired) electrons. The SMILES string of the molecule is O=C(Nc1cccc2n[se]nc12)c1ccc2nc[nH]c2c1. The average molecular weight is 342 g/mol. The van der Waals surface area contributed by atoms with E-state index in [0.717, 1.165) is 22.1 Å². The third kappa shape index (κ3) is 2.12. The summed E-state index contributed by atoms with van der Waals surface area (Å²) in [6.45, 7) is 0. The number of carbonyl (C=O) groups excluding carboxylic acids is 1. The van der Waals surface area contributed by atoms with Crippen LogP contribution in [0.1, 0.15) is 10.4 Å². The molecule has 0 spiro atoms. The molecular weight excluding hydrogens is 333 g/mol. The molecule has 0 saturated carbocycles. The van der Waals surface area contributed by atoms with Crippen LogP contribution in [-0.4, -0.2) is 38.8 Å². The van der Waals surface area contributed by atoms with Crippen molar-refractivity contribution in [2.24, 2.45) is 0 Å². The summed E-state index contributed by atoms with van der Waals surface area (Å²) in [6.07, 6.45) is 1.61. The topological polar surface area (TPSA) is 83.6 Å². The van der Waals surface area contributed by atoms with E-state index in [1.807, 2.05) is 24.3 Å². The second-order valence-corrected chi connectivity index (χ2v) is 5.63. The Morgan fingerprint density at radius 2 is 2.10 bits per heavy atom. The van der Waals surface area contributed by atoms with E-state index in [2.05, 4.69) is 23.2 Å². The minimum atomic E-state index is -0.172. The van der Waals surface area contributed by atoms with Crippen molar-refractivity contribution in [2.45, 2.75) is 0 Å². The molecule has 0 aliphatic heterocycles. The standard InChI is InChI=1S/C14H9N5OSe/c20-14(8-4-5-9-12(6-8)16-7-15-9)17-10-2-1-3-11-13(10)19-21-18-11/h1-7H,(H,15,16)(H,17,20). The monoisotopic (exact) mass is 343 g/mol. The number of anilines is 1. The van der Waals surface area contributed by atoms with Crippen LogP contribution in [0.25, 0.3) is 22.1 Å². The number of nitrogens with zero attached hydrogens (tertiary/aromatic N) is 3. The number of fused-ring (bicyclic) bond motifs is 2. The maximum atomic E-state index is 12.4. The first kappa shape index (κ1) is 12.3. The number of aromatic nitrogens is 4. The molecule has 2 aromatic heterocycles. The summed E-state index contributed by atoms with van der Waals surface area (Å²) in [6, 6.07) is 11.0. The van der Waals surface area contributed by atoms with Crippen LogP contribution >= 0.6 is 0 Å². The van der Waals surface area contributed by atoms with E-state index in [0.29, 0.717) is 11.3 Å². The van der Waals surface area contributed by atoms with Crippen LogP contribution in [0.3, 0.4) is 0 Å².